The van der Waals surface area contributed by atoms with Crippen LogP contribution in [0.15, 0.2) is 48.5 Å². The number of aryl methyl sites for hydroxylation is 1. The van der Waals surface area contributed by atoms with Crippen LogP contribution >= 0.6 is 0 Å². The van der Waals surface area contributed by atoms with E-state index in [2.05, 4.69) is 16.7 Å². The van der Waals surface area contributed by atoms with Gasteiger partial charge in [-0.15, -0.1) is 0 Å². The standard InChI is InChI=1S/C22H24N2O4/c1-23-20(25)16-9-5-10-17(12-16)21(26)24-19(22(27)28)13-15-8-4-7-14-6-2-3-11-18(14)15/h2-3,5-6,9-12,15,19H,4,7-8,13H2,1H3,(H,23,25)(H,24,26)(H,27,28). The van der Waals surface area contributed by atoms with Crippen LogP contribution in [0.5, 0.6) is 0 Å². The Hall–Kier alpha value is -3.15. The van der Waals surface area contributed by atoms with E-state index in [0.717, 1.165) is 19.3 Å². The van der Waals surface area contributed by atoms with Gasteiger partial charge in [-0.25, -0.2) is 4.79 Å². The number of carboxylic acid groups (broad SMARTS) is 1. The lowest BCUT2D eigenvalue weighted by Crippen LogP contribution is -2.42. The van der Waals surface area contributed by atoms with Gasteiger partial charge in [0.25, 0.3) is 11.8 Å². The molecule has 146 valence electrons. The summed E-state index contributed by atoms with van der Waals surface area (Å²) in [5.74, 6) is -1.76. The Bertz CT molecular complexity index is 894. The zero-order chi connectivity index (χ0) is 20.1. The molecule has 2 aromatic carbocycles. The largest absolute Gasteiger partial charge is 0.480 e. The van der Waals surface area contributed by atoms with E-state index >= 15 is 0 Å². The number of carbonyl (C=O) groups is 3. The van der Waals surface area contributed by atoms with Crippen molar-refractivity contribution in [3.63, 3.8) is 0 Å². The zero-order valence-corrected chi connectivity index (χ0v) is 15.8. The SMILES string of the molecule is CNC(=O)c1cccc(C(=O)NC(CC2CCCc3ccccc32)C(=O)O)c1. The lowest BCUT2D eigenvalue weighted by Gasteiger charge is -2.28. The van der Waals surface area contributed by atoms with Crippen molar-refractivity contribution < 1.29 is 19.5 Å². The van der Waals surface area contributed by atoms with E-state index in [4.69, 9.17) is 0 Å². The van der Waals surface area contributed by atoms with Crippen LogP contribution in [0.25, 0.3) is 0 Å². The van der Waals surface area contributed by atoms with E-state index < -0.39 is 17.9 Å². The lowest BCUT2D eigenvalue weighted by molar-refractivity contribution is -0.139. The van der Waals surface area contributed by atoms with Gasteiger partial charge in [0.2, 0.25) is 0 Å². The molecule has 0 radical (unpaired) electrons. The van der Waals surface area contributed by atoms with E-state index in [1.165, 1.54) is 24.2 Å². The molecule has 1 aliphatic carbocycles. The summed E-state index contributed by atoms with van der Waals surface area (Å²) in [5.41, 5.74) is 3.04. The molecular formula is C22H24N2O4. The molecule has 0 fully saturated rings. The summed E-state index contributed by atoms with van der Waals surface area (Å²) in [6.07, 6.45) is 3.26. The van der Waals surface area contributed by atoms with Crippen molar-refractivity contribution in [2.24, 2.45) is 0 Å². The normalized spacial score (nSPS) is 16.5. The van der Waals surface area contributed by atoms with Crippen LogP contribution in [0.2, 0.25) is 0 Å². The van der Waals surface area contributed by atoms with E-state index in [0.29, 0.717) is 12.0 Å². The number of benzene rings is 2. The fourth-order valence-electron chi connectivity index (χ4n) is 3.79. The highest BCUT2D eigenvalue weighted by atomic mass is 16.4. The van der Waals surface area contributed by atoms with Crippen LogP contribution in [0.1, 0.15) is 57.0 Å². The number of rotatable bonds is 6. The van der Waals surface area contributed by atoms with E-state index in [1.807, 2.05) is 18.2 Å². The second-order valence-electron chi connectivity index (χ2n) is 7.05. The molecule has 0 aromatic heterocycles. The van der Waals surface area contributed by atoms with Crippen molar-refractivity contribution in [3.8, 4) is 0 Å². The molecule has 2 atom stereocenters. The molecule has 2 aromatic rings. The highest BCUT2D eigenvalue weighted by molar-refractivity contribution is 6.00. The number of fused-ring (bicyclic) bond motifs is 1. The maximum atomic E-state index is 12.6. The minimum atomic E-state index is -1.06. The second kappa shape index (κ2) is 8.69. The fourth-order valence-corrected chi connectivity index (χ4v) is 3.79. The first-order chi connectivity index (χ1) is 13.5. The first kappa shape index (κ1) is 19.6. The third-order valence-corrected chi connectivity index (χ3v) is 5.23. The van der Waals surface area contributed by atoms with Gasteiger partial charge in [-0.1, -0.05) is 30.3 Å². The van der Waals surface area contributed by atoms with Crippen molar-refractivity contribution in [1.82, 2.24) is 10.6 Å². The number of amides is 2. The van der Waals surface area contributed by atoms with Crippen LogP contribution in [-0.4, -0.2) is 36.0 Å². The van der Waals surface area contributed by atoms with Crippen LogP contribution in [-0.2, 0) is 11.2 Å². The lowest BCUT2D eigenvalue weighted by atomic mass is 9.79. The smallest absolute Gasteiger partial charge is 0.326 e. The van der Waals surface area contributed by atoms with Crippen LogP contribution < -0.4 is 10.6 Å². The van der Waals surface area contributed by atoms with Crippen molar-refractivity contribution in [3.05, 3.63) is 70.8 Å². The Labute approximate surface area is 164 Å². The molecule has 2 amide bonds. The molecule has 3 N–H and O–H groups in total. The van der Waals surface area contributed by atoms with Gasteiger partial charge in [-0.2, -0.15) is 0 Å². The average Bonchev–Trinajstić information content (AvgIpc) is 2.72. The van der Waals surface area contributed by atoms with Crippen LogP contribution in [0, 0.1) is 0 Å². The number of hydrogen-bond donors (Lipinski definition) is 3. The Morgan fingerprint density at radius 1 is 1.07 bits per heavy atom. The van der Waals surface area contributed by atoms with Crippen molar-refractivity contribution in [2.75, 3.05) is 7.05 Å². The third-order valence-electron chi connectivity index (χ3n) is 5.23. The van der Waals surface area contributed by atoms with Gasteiger partial charge >= 0.3 is 5.97 Å². The predicted octanol–water partition coefficient (Wildman–Crippen LogP) is 2.74. The monoisotopic (exact) mass is 380 g/mol. The minimum Gasteiger partial charge on any atom is -0.480 e. The summed E-state index contributed by atoms with van der Waals surface area (Å²) in [5, 5.41) is 14.8. The van der Waals surface area contributed by atoms with Crippen molar-refractivity contribution in [2.45, 2.75) is 37.6 Å². The molecule has 1 aliphatic rings. The van der Waals surface area contributed by atoms with Crippen molar-refractivity contribution >= 4 is 17.8 Å². The van der Waals surface area contributed by atoms with E-state index in [1.54, 1.807) is 18.2 Å². The molecule has 6 heteroatoms. The summed E-state index contributed by atoms with van der Waals surface area (Å²) in [7, 11) is 1.51. The van der Waals surface area contributed by atoms with E-state index in [-0.39, 0.29) is 17.4 Å². The average molecular weight is 380 g/mol. The number of carbonyl (C=O) groups excluding carboxylic acids is 2. The molecule has 0 saturated heterocycles. The van der Waals surface area contributed by atoms with Gasteiger partial charge in [0.1, 0.15) is 6.04 Å². The Morgan fingerprint density at radius 2 is 1.79 bits per heavy atom. The van der Waals surface area contributed by atoms with E-state index in [9.17, 15) is 19.5 Å². The number of aliphatic carboxylic acids is 1. The number of nitrogens with one attached hydrogen (secondary N) is 2. The first-order valence-corrected chi connectivity index (χ1v) is 9.43. The molecular weight excluding hydrogens is 356 g/mol. The Kier molecular flexibility index (Phi) is 6.09. The summed E-state index contributed by atoms with van der Waals surface area (Å²) >= 11 is 0. The molecule has 28 heavy (non-hydrogen) atoms. The quantitative estimate of drug-likeness (QED) is 0.718. The molecule has 0 aliphatic heterocycles. The van der Waals surface area contributed by atoms with Gasteiger partial charge in [-0.3, -0.25) is 9.59 Å². The van der Waals surface area contributed by atoms with Gasteiger partial charge in [-0.05, 0) is 60.9 Å². The van der Waals surface area contributed by atoms with Crippen molar-refractivity contribution in [1.29, 1.82) is 0 Å². The molecule has 6 nitrogen and oxygen atoms in total. The number of carboxylic acids is 1. The predicted molar refractivity (Wildman–Crippen MR) is 105 cm³/mol. The number of hydrogen-bond acceptors (Lipinski definition) is 3. The molecule has 3 rings (SSSR count). The van der Waals surface area contributed by atoms with Gasteiger partial charge < -0.3 is 15.7 Å². The second-order valence-corrected chi connectivity index (χ2v) is 7.05. The zero-order valence-electron chi connectivity index (χ0n) is 15.8. The Balaban J connectivity index is 1.75. The summed E-state index contributed by atoms with van der Waals surface area (Å²) < 4.78 is 0. The highest BCUT2D eigenvalue weighted by Gasteiger charge is 2.28. The molecule has 2 unspecified atom stereocenters. The van der Waals surface area contributed by atoms with Crippen LogP contribution in [0.3, 0.4) is 0 Å². The topological polar surface area (TPSA) is 95.5 Å². The maximum absolute atomic E-state index is 12.6. The minimum absolute atomic E-state index is 0.101. The summed E-state index contributed by atoms with van der Waals surface area (Å²) in [6.45, 7) is 0. The van der Waals surface area contributed by atoms with Gasteiger partial charge in [0.05, 0.1) is 0 Å². The molecule has 0 heterocycles. The third kappa shape index (κ3) is 4.39. The maximum Gasteiger partial charge on any atom is 0.326 e. The van der Waals surface area contributed by atoms with Gasteiger partial charge in [0, 0.05) is 18.2 Å². The molecule has 0 spiro atoms. The molecule has 0 saturated carbocycles. The highest BCUT2D eigenvalue weighted by Crippen LogP contribution is 2.34. The summed E-state index contributed by atoms with van der Waals surface area (Å²) in [4.78, 5) is 36.2. The fraction of sp³-hybridized carbons (Fsp3) is 0.318. The Morgan fingerprint density at radius 3 is 2.50 bits per heavy atom. The first-order valence-electron chi connectivity index (χ1n) is 9.43. The molecule has 0 bridgehead atoms. The van der Waals surface area contributed by atoms with Crippen LogP contribution in [0.4, 0.5) is 0 Å². The van der Waals surface area contributed by atoms with Gasteiger partial charge in [0.15, 0.2) is 0 Å². The summed E-state index contributed by atoms with van der Waals surface area (Å²) in [6, 6.07) is 13.3.